The summed E-state index contributed by atoms with van der Waals surface area (Å²) < 4.78 is 18.0. The van der Waals surface area contributed by atoms with Crippen LogP contribution in [0.4, 0.5) is 5.82 Å². The summed E-state index contributed by atoms with van der Waals surface area (Å²) in [7, 11) is 3.17. The number of thioether (sulfide) groups is 1. The second kappa shape index (κ2) is 12.9. The summed E-state index contributed by atoms with van der Waals surface area (Å²) in [6.45, 7) is 4.16. The molecule has 9 nitrogen and oxygen atoms in total. The maximum atomic E-state index is 13.4. The minimum atomic E-state index is -0.265. The van der Waals surface area contributed by atoms with Gasteiger partial charge >= 0.3 is 0 Å². The minimum absolute atomic E-state index is 0.236. The number of pyridine rings is 1. The highest BCUT2D eigenvalue weighted by Crippen LogP contribution is 2.34. The lowest BCUT2D eigenvalue weighted by Gasteiger charge is -2.15. The Morgan fingerprint density at radius 3 is 2.71 bits per heavy atom. The molecule has 1 amide bonds. The highest BCUT2D eigenvalue weighted by molar-refractivity contribution is 8.26. The van der Waals surface area contributed by atoms with E-state index in [2.05, 4.69) is 10.3 Å². The first kappa shape index (κ1) is 27.6. The van der Waals surface area contributed by atoms with Crippen molar-refractivity contribution >= 4 is 51.7 Å². The standard InChI is InChI=1S/C27H30N4O5S2/c1-4-36-15-7-12-28-24-19(25(32)30-13-6-5-8-23(30)29-24)17-22-26(33)31(27(37)38-22)14-11-18-9-10-20(34-2)21(16-18)35-3/h5-6,8-10,13,16-17,28H,4,7,11-12,14-15H2,1-3H3. The molecule has 0 saturated carbocycles. The Hall–Kier alpha value is -3.41. The molecule has 0 aliphatic carbocycles. The van der Waals surface area contributed by atoms with E-state index in [0.29, 0.717) is 70.5 Å². The number of benzene rings is 1. The number of nitrogens with one attached hydrogen (secondary N) is 1. The predicted molar refractivity (Wildman–Crippen MR) is 154 cm³/mol. The predicted octanol–water partition coefficient (Wildman–Crippen LogP) is 3.99. The first-order valence-electron chi connectivity index (χ1n) is 12.3. The fourth-order valence-corrected chi connectivity index (χ4v) is 5.28. The molecule has 3 aromatic rings. The Morgan fingerprint density at radius 1 is 1.13 bits per heavy atom. The van der Waals surface area contributed by atoms with Crippen molar-refractivity contribution in [1.29, 1.82) is 0 Å². The molecule has 200 valence electrons. The lowest BCUT2D eigenvalue weighted by Crippen LogP contribution is -2.30. The van der Waals surface area contributed by atoms with E-state index in [1.165, 1.54) is 16.2 Å². The van der Waals surface area contributed by atoms with Gasteiger partial charge in [-0.3, -0.25) is 18.9 Å². The van der Waals surface area contributed by atoms with Crippen LogP contribution in [0.1, 0.15) is 24.5 Å². The van der Waals surface area contributed by atoms with Gasteiger partial charge in [0.05, 0.1) is 24.7 Å². The number of aromatic nitrogens is 2. The van der Waals surface area contributed by atoms with Crippen LogP contribution in [0.3, 0.4) is 0 Å². The fraction of sp³-hybridized carbons (Fsp3) is 0.333. The van der Waals surface area contributed by atoms with Crippen molar-refractivity contribution in [3.8, 4) is 11.5 Å². The molecular weight excluding hydrogens is 524 g/mol. The summed E-state index contributed by atoms with van der Waals surface area (Å²) in [6, 6.07) is 11.0. The van der Waals surface area contributed by atoms with Crippen molar-refractivity contribution in [1.82, 2.24) is 14.3 Å². The number of thiocarbonyl (C=S) groups is 1. The third-order valence-electron chi connectivity index (χ3n) is 5.95. The molecule has 1 N–H and O–H groups in total. The van der Waals surface area contributed by atoms with Crippen LogP contribution in [0.25, 0.3) is 11.7 Å². The zero-order valence-electron chi connectivity index (χ0n) is 21.6. The first-order valence-corrected chi connectivity index (χ1v) is 13.5. The number of nitrogens with zero attached hydrogens (tertiary/aromatic N) is 3. The molecule has 3 heterocycles. The lowest BCUT2D eigenvalue weighted by atomic mass is 10.1. The van der Waals surface area contributed by atoms with Crippen LogP contribution in [0.5, 0.6) is 11.5 Å². The average molecular weight is 555 g/mol. The van der Waals surface area contributed by atoms with Gasteiger partial charge in [-0.25, -0.2) is 4.98 Å². The molecule has 4 rings (SSSR count). The molecular formula is C27H30N4O5S2. The summed E-state index contributed by atoms with van der Waals surface area (Å²) in [5.74, 6) is 1.46. The summed E-state index contributed by atoms with van der Waals surface area (Å²) >= 11 is 6.71. The zero-order valence-corrected chi connectivity index (χ0v) is 23.2. The van der Waals surface area contributed by atoms with E-state index in [9.17, 15) is 9.59 Å². The van der Waals surface area contributed by atoms with E-state index in [1.807, 2.05) is 31.2 Å². The number of methoxy groups -OCH3 is 2. The Balaban J connectivity index is 1.57. The fourth-order valence-electron chi connectivity index (χ4n) is 3.99. The topological polar surface area (TPSA) is 94.4 Å². The molecule has 0 radical (unpaired) electrons. The van der Waals surface area contributed by atoms with Crippen LogP contribution in [-0.4, -0.2) is 65.0 Å². The quantitative estimate of drug-likeness (QED) is 0.203. The van der Waals surface area contributed by atoms with Gasteiger partial charge in [-0.1, -0.05) is 36.1 Å². The van der Waals surface area contributed by atoms with Crippen molar-refractivity contribution in [2.24, 2.45) is 0 Å². The molecule has 0 atom stereocenters. The Bertz CT molecular complexity index is 1420. The van der Waals surface area contributed by atoms with Gasteiger partial charge in [0.25, 0.3) is 11.5 Å². The van der Waals surface area contributed by atoms with Crippen molar-refractivity contribution in [2.75, 3.05) is 45.8 Å². The zero-order chi connectivity index (χ0) is 27.1. The van der Waals surface area contributed by atoms with Crippen LogP contribution in [0.2, 0.25) is 0 Å². The van der Waals surface area contributed by atoms with Gasteiger partial charge in [-0.15, -0.1) is 0 Å². The molecule has 1 saturated heterocycles. The van der Waals surface area contributed by atoms with Gasteiger partial charge in [0.1, 0.15) is 15.8 Å². The smallest absolute Gasteiger partial charge is 0.267 e. The highest BCUT2D eigenvalue weighted by atomic mass is 32.2. The monoisotopic (exact) mass is 554 g/mol. The maximum Gasteiger partial charge on any atom is 0.267 e. The van der Waals surface area contributed by atoms with Crippen molar-refractivity contribution in [2.45, 2.75) is 19.8 Å². The summed E-state index contributed by atoms with van der Waals surface area (Å²) in [6.07, 6.45) is 4.58. The maximum absolute atomic E-state index is 13.4. The molecule has 11 heteroatoms. The van der Waals surface area contributed by atoms with E-state index in [0.717, 1.165) is 12.0 Å². The number of amides is 1. The second-order valence-electron chi connectivity index (χ2n) is 8.36. The number of rotatable bonds is 12. The van der Waals surface area contributed by atoms with Crippen molar-refractivity contribution < 1.29 is 19.0 Å². The average Bonchev–Trinajstić information content (AvgIpc) is 3.20. The van der Waals surface area contributed by atoms with E-state index >= 15 is 0 Å². The van der Waals surface area contributed by atoms with Gasteiger partial charge in [0.2, 0.25) is 0 Å². The number of ether oxygens (including phenoxy) is 3. The Labute approximate surface area is 230 Å². The molecule has 0 unspecified atom stereocenters. The third kappa shape index (κ3) is 6.17. The number of carbonyl (C=O) groups excluding carboxylic acids is 1. The van der Waals surface area contributed by atoms with Crippen LogP contribution < -0.4 is 20.3 Å². The van der Waals surface area contributed by atoms with E-state index in [4.69, 9.17) is 26.4 Å². The molecule has 1 fully saturated rings. The van der Waals surface area contributed by atoms with Gasteiger partial charge < -0.3 is 19.5 Å². The first-order chi connectivity index (χ1) is 18.5. The minimum Gasteiger partial charge on any atom is -0.493 e. The van der Waals surface area contributed by atoms with Crippen LogP contribution in [-0.2, 0) is 16.0 Å². The number of anilines is 1. The van der Waals surface area contributed by atoms with Gasteiger partial charge in [0, 0.05) is 32.5 Å². The summed E-state index contributed by atoms with van der Waals surface area (Å²) in [5, 5.41) is 3.25. The van der Waals surface area contributed by atoms with Crippen LogP contribution in [0, 0.1) is 0 Å². The van der Waals surface area contributed by atoms with E-state index < -0.39 is 0 Å². The molecule has 1 aliphatic rings. The largest absolute Gasteiger partial charge is 0.493 e. The molecule has 0 spiro atoms. The highest BCUT2D eigenvalue weighted by Gasteiger charge is 2.32. The Morgan fingerprint density at radius 2 is 1.95 bits per heavy atom. The number of fused-ring (bicyclic) bond motifs is 1. The van der Waals surface area contributed by atoms with Gasteiger partial charge in [-0.05, 0) is 55.7 Å². The van der Waals surface area contributed by atoms with Crippen LogP contribution in [0.15, 0.2) is 52.3 Å². The van der Waals surface area contributed by atoms with Crippen molar-refractivity contribution in [3.63, 3.8) is 0 Å². The third-order valence-corrected chi connectivity index (χ3v) is 7.33. The van der Waals surface area contributed by atoms with Crippen LogP contribution >= 0.6 is 24.0 Å². The molecule has 1 aliphatic heterocycles. The van der Waals surface area contributed by atoms with Gasteiger partial charge in [0.15, 0.2) is 11.5 Å². The molecule has 0 bridgehead atoms. The number of carbonyl (C=O) groups is 1. The van der Waals surface area contributed by atoms with Crippen molar-refractivity contribution in [3.05, 3.63) is 69.0 Å². The Kier molecular flexibility index (Phi) is 9.38. The lowest BCUT2D eigenvalue weighted by molar-refractivity contribution is -0.122. The summed E-state index contributed by atoms with van der Waals surface area (Å²) in [5.41, 5.74) is 1.55. The second-order valence-corrected chi connectivity index (χ2v) is 10.0. The molecule has 2 aromatic heterocycles. The van der Waals surface area contributed by atoms with E-state index in [1.54, 1.807) is 43.5 Å². The normalized spacial score (nSPS) is 14.5. The summed E-state index contributed by atoms with van der Waals surface area (Å²) in [4.78, 5) is 33.3. The molecule has 1 aromatic carbocycles. The number of hydrogen-bond donors (Lipinski definition) is 1. The van der Waals surface area contributed by atoms with Gasteiger partial charge in [-0.2, -0.15) is 0 Å². The molecule has 38 heavy (non-hydrogen) atoms. The number of hydrogen-bond acceptors (Lipinski definition) is 9. The van der Waals surface area contributed by atoms with E-state index in [-0.39, 0.29) is 11.5 Å². The SMILES string of the molecule is CCOCCCNc1nc2ccccn2c(=O)c1C=C1SC(=S)N(CCc2ccc(OC)c(OC)c2)C1=O.